The van der Waals surface area contributed by atoms with Crippen LogP contribution in [0.3, 0.4) is 0 Å². The number of rotatable bonds is 2. The molecule has 0 aromatic carbocycles. The number of hydrogen-bond donors (Lipinski definition) is 0. The van der Waals surface area contributed by atoms with E-state index >= 15 is 0 Å². The molecule has 0 bridgehead atoms. The van der Waals surface area contributed by atoms with E-state index in [9.17, 15) is 4.79 Å². The lowest BCUT2D eigenvalue weighted by atomic mass is 10.1. The van der Waals surface area contributed by atoms with Crippen LogP contribution in [0.25, 0.3) is 0 Å². The third-order valence-electron chi connectivity index (χ3n) is 3.54. The first-order valence-electron chi connectivity index (χ1n) is 5.00. The van der Waals surface area contributed by atoms with Crippen LogP contribution in [0.5, 0.6) is 0 Å². The first kappa shape index (κ1) is 8.09. The predicted octanol–water partition coefficient (Wildman–Crippen LogP) is 1.51. The zero-order valence-electron chi connectivity index (χ0n) is 7.92. The molecule has 2 heteroatoms. The Morgan fingerprint density at radius 3 is 2.50 bits per heavy atom. The monoisotopic (exact) mass is 167 g/mol. The molecule has 0 heterocycles. The van der Waals surface area contributed by atoms with Gasteiger partial charge in [0.2, 0.25) is 5.91 Å². The van der Waals surface area contributed by atoms with Crippen molar-refractivity contribution >= 4 is 5.91 Å². The third kappa shape index (κ3) is 1.05. The summed E-state index contributed by atoms with van der Waals surface area (Å²) < 4.78 is 0. The van der Waals surface area contributed by atoms with Crippen LogP contribution in [0.4, 0.5) is 0 Å². The Kier molecular flexibility index (Phi) is 1.85. The second-order valence-electron chi connectivity index (χ2n) is 4.14. The predicted molar refractivity (Wildman–Crippen MR) is 47.6 cm³/mol. The van der Waals surface area contributed by atoms with Gasteiger partial charge in [-0.3, -0.25) is 4.79 Å². The van der Waals surface area contributed by atoms with Crippen molar-refractivity contribution in [2.45, 2.75) is 26.2 Å². The van der Waals surface area contributed by atoms with Gasteiger partial charge in [0.05, 0.1) is 0 Å². The molecule has 2 rings (SSSR count). The summed E-state index contributed by atoms with van der Waals surface area (Å²) in [6.07, 6.45) is 3.96. The van der Waals surface area contributed by atoms with Gasteiger partial charge in [0.25, 0.3) is 0 Å². The van der Waals surface area contributed by atoms with E-state index < -0.39 is 0 Å². The highest BCUT2D eigenvalue weighted by Gasteiger charge is 2.56. The van der Waals surface area contributed by atoms with Gasteiger partial charge in [-0.2, -0.15) is 0 Å². The molecule has 0 aromatic rings. The molecule has 2 fully saturated rings. The minimum Gasteiger partial charge on any atom is -0.346 e. The van der Waals surface area contributed by atoms with Crippen LogP contribution in [0.2, 0.25) is 0 Å². The smallest absolute Gasteiger partial charge is 0.225 e. The second-order valence-corrected chi connectivity index (χ2v) is 4.14. The lowest BCUT2D eigenvalue weighted by Crippen LogP contribution is -2.29. The standard InChI is InChI=1S/C10H17NO/c1-3-11(2)10(12)9-7-5-4-6-8(7)9/h7-9H,3-6H2,1-2H3. The summed E-state index contributed by atoms with van der Waals surface area (Å²) in [6, 6.07) is 0. The number of carbonyl (C=O) groups is 1. The van der Waals surface area contributed by atoms with Crippen molar-refractivity contribution in [3.8, 4) is 0 Å². The highest BCUT2D eigenvalue weighted by atomic mass is 16.2. The summed E-state index contributed by atoms with van der Waals surface area (Å²) in [7, 11) is 1.91. The summed E-state index contributed by atoms with van der Waals surface area (Å²) in [4.78, 5) is 13.5. The highest BCUT2D eigenvalue weighted by molar-refractivity contribution is 5.82. The van der Waals surface area contributed by atoms with E-state index in [1.165, 1.54) is 19.3 Å². The fourth-order valence-electron chi connectivity index (χ4n) is 2.60. The van der Waals surface area contributed by atoms with Gasteiger partial charge in [0.15, 0.2) is 0 Å². The van der Waals surface area contributed by atoms with Gasteiger partial charge >= 0.3 is 0 Å². The summed E-state index contributed by atoms with van der Waals surface area (Å²) in [5, 5.41) is 0. The highest BCUT2D eigenvalue weighted by Crippen LogP contribution is 2.57. The van der Waals surface area contributed by atoms with Gasteiger partial charge in [-0.25, -0.2) is 0 Å². The molecule has 0 radical (unpaired) electrons. The summed E-state index contributed by atoms with van der Waals surface area (Å²) in [5.41, 5.74) is 0. The van der Waals surface area contributed by atoms with Crippen molar-refractivity contribution in [2.75, 3.05) is 13.6 Å². The Hall–Kier alpha value is -0.530. The van der Waals surface area contributed by atoms with Crippen LogP contribution in [0, 0.1) is 17.8 Å². The third-order valence-corrected chi connectivity index (χ3v) is 3.54. The Balaban J connectivity index is 1.91. The summed E-state index contributed by atoms with van der Waals surface area (Å²) in [5.74, 6) is 2.36. The quantitative estimate of drug-likeness (QED) is 0.610. The molecule has 0 aromatic heterocycles. The van der Waals surface area contributed by atoms with Crippen molar-refractivity contribution in [3.05, 3.63) is 0 Å². The topological polar surface area (TPSA) is 20.3 Å². The molecule has 2 saturated carbocycles. The lowest BCUT2D eigenvalue weighted by Gasteiger charge is -2.15. The van der Waals surface area contributed by atoms with E-state index in [0.29, 0.717) is 11.8 Å². The summed E-state index contributed by atoms with van der Waals surface area (Å²) >= 11 is 0. The minimum atomic E-state index is 0.396. The van der Waals surface area contributed by atoms with Crippen LogP contribution in [-0.2, 0) is 4.79 Å². The van der Waals surface area contributed by atoms with E-state index in [4.69, 9.17) is 0 Å². The fourth-order valence-corrected chi connectivity index (χ4v) is 2.60. The molecular weight excluding hydrogens is 150 g/mol. The van der Waals surface area contributed by atoms with E-state index in [0.717, 1.165) is 18.4 Å². The average Bonchev–Trinajstić information content (AvgIpc) is 2.56. The molecule has 0 saturated heterocycles. The van der Waals surface area contributed by atoms with Crippen molar-refractivity contribution in [2.24, 2.45) is 17.8 Å². The van der Waals surface area contributed by atoms with Gasteiger partial charge in [-0.1, -0.05) is 6.42 Å². The van der Waals surface area contributed by atoms with Gasteiger partial charge in [-0.15, -0.1) is 0 Å². The zero-order chi connectivity index (χ0) is 8.72. The van der Waals surface area contributed by atoms with Crippen LogP contribution in [0.15, 0.2) is 0 Å². The first-order valence-corrected chi connectivity index (χ1v) is 5.00. The zero-order valence-corrected chi connectivity index (χ0v) is 7.92. The van der Waals surface area contributed by atoms with Gasteiger partial charge < -0.3 is 4.90 Å². The van der Waals surface area contributed by atoms with Gasteiger partial charge in [-0.05, 0) is 31.6 Å². The number of fused-ring (bicyclic) bond motifs is 1. The fraction of sp³-hybridized carbons (Fsp3) is 0.900. The lowest BCUT2D eigenvalue weighted by molar-refractivity contribution is -0.131. The number of nitrogens with zero attached hydrogens (tertiary/aromatic N) is 1. The number of carbonyl (C=O) groups excluding carboxylic acids is 1. The SMILES string of the molecule is CCN(C)C(=O)C1C2CCCC21. The molecule has 0 spiro atoms. The van der Waals surface area contributed by atoms with E-state index in [1.807, 2.05) is 18.9 Å². The largest absolute Gasteiger partial charge is 0.346 e. The molecule has 2 aliphatic carbocycles. The van der Waals surface area contributed by atoms with Crippen LogP contribution in [0.1, 0.15) is 26.2 Å². The van der Waals surface area contributed by atoms with E-state index in [2.05, 4.69) is 0 Å². The van der Waals surface area contributed by atoms with Gasteiger partial charge in [0.1, 0.15) is 0 Å². The van der Waals surface area contributed by atoms with Crippen molar-refractivity contribution in [3.63, 3.8) is 0 Å². The molecule has 68 valence electrons. The second kappa shape index (κ2) is 2.75. The molecule has 2 unspecified atom stereocenters. The molecular formula is C10H17NO. The molecule has 1 amide bonds. The number of hydrogen-bond acceptors (Lipinski definition) is 1. The first-order chi connectivity index (χ1) is 5.75. The Bertz CT molecular complexity index is 192. The molecule has 2 aliphatic rings. The average molecular weight is 167 g/mol. The Morgan fingerprint density at radius 2 is 2.00 bits per heavy atom. The van der Waals surface area contributed by atoms with Gasteiger partial charge in [0, 0.05) is 19.5 Å². The maximum absolute atomic E-state index is 11.7. The van der Waals surface area contributed by atoms with Crippen LogP contribution < -0.4 is 0 Å². The maximum Gasteiger partial charge on any atom is 0.225 e. The van der Waals surface area contributed by atoms with Crippen molar-refractivity contribution < 1.29 is 4.79 Å². The number of amides is 1. The van der Waals surface area contributed by atoms with Crippen molar-refractivity contribution in [1.82, 2.24) is 4.90 Å². The van der Waals surface area contributed by atoms with Crippen LogP contribution >= 0.6 is 0 Å². The Labute approximate surface area is 73.9 Å². The van der Waals surface area contributed by atoms with E-state index in [-0.39, 0.29) is 0 Å². The molecule has 0 N–H and O–H groups in total. The summed E-state index contributed by atoms with van der Waals surface area (Å²) in [6.45, 7) is 2.89. The minimum absolute atomic E-state index is 0.396. The molecule has 0 aliphatic heterocycles. The Morgan fingerprint density at radius 1 is 1.42 bits per heavy atom. The van der Waals surface area contributed by atoms with Crippen molar-refractivity contribution in [1.29, 1.82) is 0 Å². The van der Waals surface area contributed by atoms with E-state index in [1.54, 1.807) is 0 Å². The normalized spacial score (nSPS) is 37.7. The molecule has 12 heavy (non-hydrogen) atoms. The molecule has 2 nitrogen and oxygen atoms in total. The maximum atomic E-state index is 11.7. The van der Waals surface area contributed by atoms with Crippen LogP contribution in [-0.4, -0.2) is 24.4 Å². The molecule has 2 atom stereocenters.